The highest BCUT2D eigenvalue weighted by atomic mass is 14.7. The minimum Gasteiger partial charge on any atom is -0.321 e. The fourth-order valence-corrected chi connectivity index (χ4v) is 3.72. The van der Waals surface area contributed by atoms with Crippen LogP contribution in [0.3, 0.4) is 0 Å². The summed E-state index contributed by atoms with van der Waals surface area (Å²) in [5, 5.41) is 1.19. The molecule has 0 amide bonds. The number of nitrogens with zero attached hydrogens (tertiary/aromatic N) is 1. The largest absolute Gasteiger partial charge is 0.321 e. The zero-order valence-corrected chi connectivity index (χ0v) is 13.2. The van der Waals surface area contributed by atoms with Crippen molar-refractivity contribution in [3.8, 4) is 0 Å². The van der Waals surface area contributed by atoms with E-state index >= 15 is 0 Å². The Bertz CT molecular complexity index is 620. The minimum absolute atomic E-state index is 0.171. The molecular weight excluding hydrogens is 256 g/mol. The third-order valence-corrected chi connectivity index (χ3v) is 5.28. The Morgan fingerprint density at radius 3 is 2.86 bits per heavy atom. The van der Waals surface area contributed by atoms with Crippen molar-refractivity contribution in [1.29, 1.82) is 0 Å². The third-order valence-electron chi connectivity index (χ3n) is 5.28. The Morgan fingerprint density at radius 1 is 1.19 bits per heavy atom. The molecule has 1 aliphatic rings. The van der Waals surface area contributed by atoms with E-state index in [2.05, 4.69) is 43.1 Å². The summed E-state index contributed by atoms with van der Waals surface area (Å²) in [4.78, 5) is 4.48. The number of pyridine rings is 1. The molecule has 112 valence electrons. The van der Waals surface area contributed by atoms with Crippen LogP contribution in [0.4, 0.5) is 0 Å². The summed E-state index contributed by atoms with van der Waals surface area (Å²) < 4.78 is 0. The number of rotatable bonds is 2. The molecule has 1 aromatic carbocycles. The highest BCUT2D eigenvalue weighted by molar-refractivity contribution is 5.79. The molecule has 2 nitrogen and oxygen atoms in total. The first kappa shape index (κ1) is 14.5. The van der Waals surface area contributed by atoms with Crippen molar-refractivity contribution < 1.29 is 0 Å². The Labute approximate surface area is 127 Å². The summed E-state index contributed by atoms with van der Waals surface area (Å²) in [5.74, 6) is 1.60. The van der Waals surface area contributed by atoms with Gasteiger partial charge in [-0.2, -0.15) is 0 Å². The number of nitrogens with two attached hydrogens (primary N) is 1. The van der Waals surface area contributed by atoms with Gasteiger partial charge in [0.1, 0.15) is 0 Å². The van der Waals surface area contributed by atoms with Gasteiger partial charge >= 0.3 is 0 Å². The highest BCUT2D eigenvalue weighted by Gasteiger charge is 2.31. The summed E-state index contributed by atoms with van der Waals surface area (Å²) >= 11 is 0. The molecule has 0 aliphatic heterocycles. The summed E-state index contributed by atoms with van der Waals surface area (Å²) in [6.45, 7) is 4.68. The van der Waals surface area contributed by atoms with Crippen molar-refractivity contribution in [2.75, 3.05) is 0 Å². The lowest BCUT2D eigenvalue weighted by molar-refractivity contribution is 0.325. The van der Waals surface area contributed by atoms with Gasteiger partial charge in [-0.1, -0.05) is 44.9 Å². The number of benzene rings is 1. The first-order valence-corrected chi connectivity index (χ1v) is 8.23. The Balaban J connectivity index is 1.89. The molecule has 2 atom stereocenters. The summed E-state index contributed by atoms with van der Waals surface area (Å²) in [7, 11) is 0. The van der Waals surface area contributed by atoms with E-state index in [0.717, 1.165) is 30.2 Å². The molecule has 21 heavy (non-hydrogen) atoms. The standard InChI is InChI=1S/C19H26N2/c1-14(2)15-5-3-10-19(20,11-9-15)17-8-7-16-6-4-12-21-18(16)13-17/h4,6-8,12-15H,3,5,9-11,20H2,1-2H3. The lowest BCUT2D eigenvalue weighted by Gasteiger charge is -2.29. The van der Waals surface area contributed by atoms with Gasteiger partial charge in [0.25, 0.3) is 0 Å². The monoisotopic (exact) mass is 282 g/mol. The Hall–Kier alpha value is -1.41. The zero-order valence-electron chi connectivity index (χ0n) is 13.2. The minimum atomic E-state index is -0.171. The van der Waals surface area contributed by atoms with Gasteiger partial charge in [0.15, 0.2) is 0 Å². The van der Waals surface area contributed by atoms with Crippen molar-refractivity contribution in [2.24, 2.45) is 17.6 Å². The second-order valence-electron chi connectivity index (χ2n) is 7.00. The predicted octanol–water partition coefficient (Wildman–Crippen LogP) is 4.63. The van der Waals surface area contributed by atoms with E-state index in [1.54, 1.807) is 0 Å². The molecule has 2 aromatic rings. The molecule has 0 bridgehead atoms. The van der Waals surface area contributed by atoms with E-state index in [0.29, 0.717) is 0 Å². The maximum atomic E-state index is 6.81. The smallest absolute Gasteiger partial charge is 0.0705 e. The van der Waals surface area contributed by atoms with E-state index in [9.17, 15) is 0 Å². The van der Waals surface area contributed by atoms with Gasteiger partial charge in [-0.3, -0.25) is 4.98 Å². The SMILES string of the molecule is CC(C)C1CCCC(N)(c2ccc3cccnc3c2)CC1. The predicted molar refractivity (Wildman–Crippen MR) is 89.0 cm³/mol. The van der Waals surface area contributed by atoms with E-state index in [1.807, 2.05) is 12.3 Å². The van der Waals surface area contributed by atoms with Crippen molar-refractivity contribution >= 4 is 10.9 Å². The molecule has 2 N–H and O–H groups in total. The summed E-state index contributed by atoms with van der Waals surface area (Å²) in [6.07, 6.45) is 7.84. The maximum absolute atomic E-state index is 6.81. The van der Waals surface area contributed by atoms with Crippen molar-refractivity contribution in [2.45, 2.75) is 51.5 Å². The van der Waals surface area contributed by atoms with Crippen LogP contribution in [0.5, 0.6) is 0 Å². The van der Waals surface area contributed by atoms with Crippen LogP contribution in [0.1, 0.15) is 51.5 Å². The van der Waals surface area contributed by atoms with Gasteiger partial charge in [-0.05, 0) is 48.8 Å². The quantitative estimate of drug-likeness (QED) is 0.816. The molecule has 1 aromatic heterocycles. The van der Waals surface area contributed by atoms with Gasteiger partial charge in [0, 0.05) is 17.1 Å². The van der Waals surface area contributed by atoms with Gasteiger partial charge < -0.3 is 5.73 Å². The van der Waals surface area contributed by atoms with E-state index in [4.69, 9.17) is 5.73 Å². The second kappa shape index (κ2) is 5.76. The fourth-order valence-electron chi connectivity index (χ4n) is 3.72. The molecule has 2 unspecified atom stereocenters. The highest BCUT2D eigenvalue weighted by Crippen LogP contribution is 2.38. The van der Waals surface area contributed by atoms with Gasteiger partial charge in [-0.25, -0.2) is 0 Å². The molecule has 2 heteroatoms. The molecule has 1 heterocycles. The van der Waals surface area contributed by atoms with Crippen LogP contribution in [0.2, 0.25) is 0 Å². The van der Waals surface area contributed by atoms with Crippen molar-refractivity contribution in [1.82, 2.24) is 4.98 Å². The first-order valence-electron chi connectivity index (χ1n) is 8.23. The van der Waals surface area contributed by atoms with Crippen LogP contribution in [-0.4, -0.2) is 4.98 Å². The van der Waals surface area contributed by atoms with Crippen molar-refractivity contribution in [3.05, 3.63) is 42.1 Å². The Kier molecular flexibility index (Phi) is 3.99. The molecule has 1 saturated carbocycles. The zero-order chi connectivity index (χ0) is 14.9. The number of aromatic nitrogens is 1. The molecular formula is C19H26N2. The van der Waals surface area contributed by atoms with Gasteiger partial charge in [0.2, 0.25) is 0 Å². The van der Waals surface area contributed by atoms with Crippen LogP contribution >= 0.6 is 0 Å². The average Bonchev–Trinajstić information content (AvgIpc) is 2.70. The van der Waals surface area contributed by atoms with Crippen LogP contribution in [0.25, 0.3) is 10.9 Å². The molecule has 0 radical (unpaired) electrons. The lowest BCUT2D eigenvalue weighted by atomic mass is 9.82. The topological polar surface area (TPSA) is 38.9 Å². The molecule has 1 aliphatic carbocycles. The normalized spacial score (nSPS) is 27.0. The molecule has 3 rings (SSSR count). The molecule has 0 saturated heterocycles. The van der Waals surface area contributed by atoms with Crippen molar-refractivity contribution in [3.63, 3.8) is 0 Å². The number of hydrogen-bond acceptors (Lipinski definition) is 2. The average molecular weight is 282 g/mol. The maximum Gasteiger partial charge on any atom is 0.0705 e. The van der Waals surface area contributed by atoms with Crippen LogP contribution in [0, 0.1) is 11.8 Å². The Morgan fingerprint density at radius 2 is 2.05 bits per heavy atom. The summed E-state index contributed by atoms with van der Waals surface area (Å²) in [6, 6.07) is 10.7. The van der Waals surface area contributed by atoms with E-state index in [1.165, 1.54) is 30.2 Å². The van der Waals surface area contributed by atoms with Crippen LogP contribution in [-0.2, 0) is 5.54 Å². The number of hydrogen-bond donors (Lipinski definition) is 1. The van der Waals surface area contributed by atoms with E-state index < -0.39 is 0 Å². The van der Waals surface area contributed by atoms with Crippen LogP contribution < -0.4 is 5.73 Å². The number of fused-ring (bicyclic) bond motifs is 1. The lowest BCUT2D eigenvalue weighted by Crippen LogP contribution is -2.36. The first-order chi connectivity index (χ1) is 10.1. The van der Waals surface area contributed by atoms with E-state index in [-0.39, 0.29) is 5.54 Å². The second-order valence-corrected chi connectivity index (χ2v) is 7.00. The molecule has 0 spiro atoms. The van der Waals surface area contributed by atoms with Gasteiger partial charge in [-0.15, -0.1) is 0 Å². The van der Waals surface area contributed by atoms with Crippen LogP contribution in [0.15, 0.2) is 36.5 Å². The summed E-state index contributed by atoms with van der Waals surface area (Å²) in [5.41, 5.74) is 8.96. The third kappa shape index (κ3) is 2.96. The fraction of sp³-hybridized carbons (Fsp3) is 0.526. The molecule has 1 fully saturated rings. The van der Waals surface area contributed by atoms with Gasteiger partial charge in [0.05, 0.1) is 5.52 Å².